The maximum Gasteiger partial charge on any atom is 0.408 e. The third-order valence-electron chi connectivity index (χ3n) is 2.11. The SMILES string of the molecule is CC(C)(C)OC(=O)NC(C(=O)NN)c1ccc(Br)cn1. The number of pyridine rings is 1. The summed E-state index contributed by atoms with van der Waals surface area (Å²) in [5.74, 6) is 4.52. The summed E-state index contributed by atoms with van der Waals surface area (Å²) in [5.41, 5.74) is 1.67. The Labute approximate surface area is 125 Å². The fourth-order valence-corrected chi connectivity index (χ4v) is 1.58. The maximum atomic E-state index is 11.7. The average molecular weight is 345 g/mol. The molecule has 0 bridgehead atoms. The zero-order chi connectivity index (χ0) is 15.3. The fourth-order valence-electron chi connectivity index (χ4n) is 1.34. The summed E-state index contributed by atoms with van der Waals surface area (Å²) >= 11 is 3.24. The summed E-state index contributed by atoms with van der Waals surface area (Å²) in [5, 5.41) is 2.43. The number of hydrazine groups is 1. The molecule has 7 nitrogen and oxygen atoms in total. The molecule has 8 heteroatoms. The maximum absolute atomic E-state index is 11.7. The monoisotopic (exact) mass is 344 g/mol. The Morgan fingerprint density at radius 2 is 2.05 bits per heavy atom. The van der Waals surface area contributed by atoms with Gasteiger partial charge in [0.25, 0.3) is 5.91 Å². The highest BCUT2D eigenvalue weighted by molar-refractivity contribution is 9.10. The number of rotatable bonds is 3. The van der Waals surface area contributed by atoms with Gasteiger partial charge in [-0.2, -0.15) is 0 Å². The number of aromatic nitrogens is 1. The second-order valence-corrected chi connectivity index (χ2v) is 5.90. The predicted octanol–water partition coefficient (Wildman–Crippen LogP) is 1.40. The van der Waals surface area contributed by atoms with Gasteiger partial charge in [0.1, 0.15) is 5.60 Å². The van der Waals surface area contributed by atoms with Crippen LogP contribution in [0.25, 0.3) is 0 Å². The van der Waals surface area contributed by atoms with Crippen molar-refractivity contribution in [1.29, 1.82) is 0 Å². The number of amides is 2. The van der Waals surface area contributed by atoms with Crippen LogP contribution in [0.3, 0.4) is 0 Å². The Kier molecular flexibility index (Phi) is 5.46. The Hall–Kier alpha value is -1.67. The van der Waals surface area contributed by atoms with Crippen molar-refractivity contribution in [2.75, 3.05) is 0 Å². The molecule has 1 heterocycles. The summed E-state index contributed by atoms with van der Waals surface area (Å²) in [6, 6.07) is 2.28. The molecule has 1 atom stereocenters. The molecule has 2 amide bonds. The molecular weight excluding hydrogens is 328 g/mol. The largest absolute Gasteiger partial charge is 0.444 e. The molecule has 0 radical (unpaired) electrons. The van der Waals surface area contributed by atoms with Crippen molar-refractivity contribution >= 4 is 27.9 Å². The van der Waals surface area contributed by atoms with Gasteiger partial charge in [-0.25, -0.2) is 10.6 Å². The topological polar surface area (TPSA) is 106 Å². The lowest BCUT2D eigenvalue weighted by Crippen LogP contribution is -2.44. The molecular formula is C12H17BrN4O3. The number of ether oxygens (including phenoxy) is 1. The molecule has 0 aliphatic heterocycles. The normalized spacial score (nSPS) is 12.4. The minimum atomic E-state index is -1.03. The summed E-state index contributed by atoms with van der Waals surface area (Å²) in [4.78, 5) is 27.5. The predicted molar refractivity (Wildman–Crippen MR) is 76.4 cm³/mol. The highest BCUT2D eigenvalue weighted by atomic mass is 79.9. The van der Waals surface area contributed by atoms with E-state index in [-0.39, 0.29) is 0 Å². The van der Waals surface area contributed by atoms with Crippen LogP contribution in [0, 0.1) is 0 Å². The van der Waals surface area contributed by atoms with E-state index in [1.165, 1.54) is 6.20 Å². The zero-order valence-corrected chi connectivity index (χ0v) is 13.0. The van der Waals surface area contributed by atoms with Gasteiger partial charge in [-0.05, 0) is 48.8 Å². The lowest BCUT2D eigenvalue weighted by atomic mass is 10.1. The Bertz CT molecular complexity index is 484. The minimum absolute atomic E-state index is 0.349. The molecule has 0 saturated heterocycles. The highest BCUT2D eigenvalue weighted by Gasteiger charge is 2.26. The molecule has 0 aliphatic carbocycles. The number of alkyl carbamates (subject to hydrolysis) is 1. The van der Waals surface area contributed by atoms with E-state index in [4.69, 9.17) is 10.6 Å². The highest BCUT2D eigenvalue weighted by Crippen LogP contribution is 2.15. The summed E-state index contributed by atoms with van der Waals surface area (Å²) in [7, 11) is 0. The van der Waals surface area contributed by atoms with Crippen LogP contribution in [0.4, 0.5) is 4.79 Å². The van der Waals surface area contributed by atoms with Gasteiger partial charge in [-0.1, -0.05) is 0 Å². The van der Waals surface area contributed by atoms with Crippen LogP contribution in [0.15, 0.2) is 22.8 Å². The Morgan fingerprint density at radius 1 is 1.40 bits per heavy atom. The zero-order valence-electron chi connectivity index (χ0n) is 11.4. The van der Waals surface area contributed by atoms with Gasteiger partial charge in [-0.15, -0.1) is 0 Å². The van der Waals surface area contributed by atoms with Gasteiger partial charge >= 0.3 is 6.09 Å². The lowest BCUT2D eigenvalue weighted by molar-refractivity contribution is -0.123. The van der Waals surface area contributed by atoms with Gasteiger partial charge < -0.3 is 10.1 Å². The molecule has 0 aromatic carbocycles. The minimum Gasteiger partial charge on any atom is -0.444 e. The number of carbonyl (C=O) groups is 2. The smallest absolute Gasteiger partial charge is 0.408 e. The first-order valence-electron chi connectivity index (χ1n) is 5.84. The molecule has 0 aliphatic rings. The molecule has 0 saturated carbocycles. The van der Waals surface area contributed by atoms with E-state index in [1.807, 2.05) is 5.43 Å². The van der Waals surface area contributed by atoms with Crippen molar-refractivity contribution in [2.24, 2.45) is 5.84 Å². The third kappa shape index (κ3) is 5.14. The third-order valence-corrected chi connectivity index (χ3v) is 2.58. The van der Waals surface area contributed by atoms with Gasteiger partial charge in [0.05, 0.1) is 5.69 Å². The molecule has 4 N–H and O–H groups in total. The number of halogens is 1. The van der Waals surface area contributed by atoms with Crippen LogP contribution in [0.1, 0.15) is 32.5 Å². The second-order valence-electron chi connectivity index (χ2n) is 4.99. The van der Waals surface area contributed by atoms with Gasteiger partial charge in [0.2, 0.25) is 0 Å². The van der Waals surface area contributed by atoms with Crippen molar-refractivity contribution in [3.8, 4) is 0 Å². The molecule has 1 aromatic heterocycles. The second kappa shape index (κ2) is 6.67. The van der Waals surface area contributed by atoms with Crippen molar-refractivity contribution in [1.82, 2.24) is 15.7 Å². The fraction of sp³-hybridized carbons (Fsp3) is 0.417. The van der Waals surface area contributed by atoms with Crippen LogP contribution in [-0.2, 0) is 9.53 Å². The van der Waals surface area contributed by atoms with E-state index in [2.05, 4.69) is 26.2 Å². The first-order chi connectivity index (χ1) is 9.23. The molecule has 1 rings (SSSR count). The van der Waals surface area contributed by atoms with Crippen LogP contribution < -0.4 is 16.6 Å². The van der Waals surface area contributed by atoms with Crippen molar-refractivity contribution < 1.29 is 14.3 Å². The van der Waals surface area contributed by atoms with E-state index < -0.39 is 23.6 Å². The number of carbonyl (C=O) groups excluding carboxylic acids is 2. The standard InChI is InChI=1S/C12H17BrN4O3/c1-12(2,3)20-11(19)16-9(10(18)17-14)8-5-4-7(13)6-15-8/h4-6,9H,14H2,1-3H3,(H,16,19)(H,17,18). The molecule has 110 valence electrons. The van der Waals surface area contributed by atoms with E-state index in [0.29, 0.717) is 5.69 Å². The Balaban J connectivity index is 2.88. The van der Waals surface area contributed by atoms with E-state index in [9.17, 15) is 9.59 Å². The van der Waals surface area contributed by atoms with Crippen LogP contribution in [0.2, 0.25) is 0 Å². The summed E-state index contributed by atoms with van der Waals surface area (Å²) in [6.07, 6.45) is 0.791. The van der Waals surface area contributed by atoms with E-state index in [1.54, 1.807) is 32.9 Å². The molecule has 1 aromatic rings. The van der Waals surface area contributed by atoms with Gasteiger partial charge in [0.15, 0.2) is 6.04 Å². The number of hydrogen-bond acceptors (Lipinski definition) is 5. The van der Waals surface area contributed by atoms with E-state index in [0.717, 1.165) is 4.47 Å². The summed E-state index contributed by atoms with van der Waals surface area (Å²) < 4.78 is 5.86. The van der Waals surface area contributed by atoms with E-state index >= 15 is 0 Å². The number of nitrogens with zero attached hydrogens (tertiary/aromatic N) is 1. The van der Waals surface area contributed by atoms with Crippen LogP contribution >= 0.6 is 15.9 Å². The van der Waals surface area contributed by atoms with Gasteiger partial charge in [-0.3, -0.25) is 15.2 Å². The summed E-state index contributed by atoms with van der Waals surface area (Å²) in [6.45, 7) is 5.17. The van der Waals surface area contributed by atoms with Gasteiger partial charge in [0, 0.05) is 10.7 Å². The number of hydrogen-bond donors (Lipinski definition) is 3. The average Bonchev–Trinajstić information content (AvgIpc) is 2.34. The number of nitrogens with one attached hydrogen (secondary N) is 2. The molecule has 20 heavy (non-hydrogen) atoms. The van der Waals surface area contributed by atoms with Crippen LogP contribution in [-0.4, -0.2) is 22.6 Å². The first kappa shape index (κ1) is 16.4. The lowest BCUT2D eigenvalue weighted by Gasteiger charge is -2.22. The quantitative estimate of drug-likeness (QED) is 0.436. The molecule has 0 fully saturated rings. The molecule has 0 spiro atoms. The molecule has 1 unspecified atom stereocenters. The van der Waals surface area contributed by atoms with Crippen molar-refractivity contribution in [3.63, 3.8) is 0 Å². The van der Waals surface area contributed by atoms with Crippen LogP contribution in [0.5, 0.6) is 0 Å². The van der Waals surface area contributed by atoms with Crippen molar-refractivity contribution in [3.05, 3.63) is 28.5 Å². The number of nitrogens with two attached hydrogens (primary N) is 1. The Morgan fingerprint density at radius 3 is 2.50 bits per heavy atom. The van der Waals surface area contributed by atoms with Crippen molar-refractivity contribution in [2.45, 2.75) is 32.4 Å². The first-order valence-corrected chi connectivity index (χ1v) is 6.63.